The molecule has 1 heterocycles. The molecule has 0 saturated heterocycles. The molecule has 0 atom stereocenters. The first-order chi connectivity index (χ1) is 24.8. The van der Waals surface area contributed by atoms with Crippen molar-refractivity contribution in [1.29, 1.82) is 0 Å². The second kappa shape index (κ2) is 18.7. The molecule has 0 spiro atoms. The lowest BCUT2D eigenvalue weighted by Crippen LogP contribution is -2.23. The Labute approximate surface area is 293 Å². The van der Waals surface area contributed by atoms with Crippen molar-refractivity contribution in [2.45, 2.75) is 19.4 Å². The second-order valence-electron chi connectivity index (χ2n) is 11.1. The molecule has 1 aromatic heterocycles. The van der Waals surface area contributed by atoms with E-state index in [0.717, 1.165) is 6.07 Å². The van der Waals surface area contributed by atoms with E-state index in [4.69, 9.17) is 9.47 Å². The number of ketones is 1. The number of carbonyl (C=O) groups excluding carboxylic acids is 2. The van der Waals surface area contributed by atoms with Gasteiger partial charge in [-0.1, -0.05) is 42.5 Å². The molecule has 12 nitrogen and oxygen atoms in total. The molecule has 0 saturated carbocycles. The third-order valence-corrected chi connectivity index (χ3v) is 7.32. The molecule has 0 fully saturated rings. The number of aromatic nitrogens is 3. The number of phenolic OH excluding ortho intramolecular Hbond substituents is 1. The standard InChI is InChI=1S/C37H37F2N7O5/c38-31-9-4-8-27(33(31)39)24-41-34(49)26-11-13-28(14-12-26)42-36-44-35(45-37(46-36)43-29-15-17-30(47)18-16-29)40-19-21-51-23-22-50-20-5-10-32(48)25-6-2-1-3-7-25/h1-4,6-9,11-18,47H,5,10,19-24H2,(H,41,49)(H3,40,42,43,44,45,46). The first kappa shape index (κ1) is 36.3. The normalized spacial score (nSPS) is 10.8. The average Bonchev–Trinajstić information content (AvgIpc) is 3.14. The number of aromatic hydroxyl groups is 1. The Balaban J connectivity index is 1.10. The lowest BCUT2D eigenvalue weighted by molar-refractivity contribution is 0.0497. The third-order valence-electron chi connectivity index (χ3n) is 7.32. The quantitative estimate of drug-likeness (QED) is 0.0370. The molecule has 1 amide bonds. The number of phenols is 1. The number of Topliss-reactive ketones (excluding diaryl/α,β-unsaturated/α-hetero) is 1. The van der Waals surface area contributed by atoms with Gasteiger partial charge in [0.05, 0.1) is 19.8 Å². The van der Waals surface area contributed by atoms with E-state index in [9.17, 15) is 23.5 Å². The first-order valence-corrected chi connectivity index (χ1v) is 16.2. The van der Waals surface area contributed by atoms with E-state index in [1.165, 1.54) is 24.3 Å². The molecule has 264 valence electrons. The van der Waals surface area contributed by atoms with Crippen LogP contribution < -0.4 is 21.3 Å². The zero-order valence-electron chi connectivity index (χ0n) is 27.6. The fraction of sp³-hybridized carbons (Fsp3) is 0.216. The summed E-state index contributed by atoms with van der Waals surface area (Å²) in [5.41, 5.74) is 2.27. The summed E-state index contributed by atoms with van der Waals surface area (Å²) in [7, 11) is 0. The minimum absolute atomic E-state index is 0.0403. The fourth-order valence-electron chi connectivity index (χ4n) is 4.70. The Kier molecular flexibility index (Phi) is 13.3. The van der Waals surface area contributed by atoms with Crippen molar-refractivity contribution in [3.63, 3.8) is 0 Å². The van der Waals surface area contributed by atoms with Gasteiger partial charge in [-0.3, -0.25) is 9.59 Å². The summed E-state index contributed by atoms with van der Waals surface area (Å²) in [6.45, 7) is 1.80. The number of halogens is 2. The Morgan fingerprint density at radius 3 is 1.98 bits per heavy atom. The maximum atomic E-state index is 13.9. The largest absolute Gasteiger partial charge is 0.508 e. The predicted octanol–water partition coefficient (Wildman–Crippen LogP) is 6.38. The smallest absolute Gasteiger partial charge is 0.251 e. The van der Waals surface area contributed by atoms with E-state index >= 15 is 0 Å². The molecule has 0 unspecified atom stereocenters. The predicted molar refractivity (Wildman–Crippen MR) is 189 cm³/mol. The van der Waals surface area contributed by atoms with Gasteiger partial charge in [-0.25, -0.2) is 8.78 Å². The molecule has 0 aliphatic carbocycles. The average molecular weight is 698 g/mol. The molecule has 4 aromatic carbocycles. The maximum Gasteiger partial charge on any atom is 0.251 e. The van der Waals surface area contributed by atoms with Gasteiger partial charge in [0, 0.05) is 54.2 Å². The summed E-state index contributed by atoms with van der Waals surface area (Å²) in [6.07, 6.45) is 1.05. The lowest BCUT2D eigenvalue weighted by atomic mass is 10.1. The van der Waals surface area contributed by atoms with Gasteiger partial charge < -0.3 is 35.8 Å². The molecule has 0 bridgehead atoms. The summed E-state index contributed by atoms with van der Waals surface area (Å²) in [4.78, 5) is 38.1. The minimum Gasteiger partial charge on any atom is -0.508 e. The van der Waals surface area contributed by atoms with Gasteiger partial charge >= 0.3 is 0 Å². The Morgan fingerprint density at radius 2 is 1.29 bits per heavy atom. The molecule has 0 aliphatic rings. The highest BCUT2D eigenvalue weighted by atomic mass is 19.2. The van der Waals surface area contributed by atoms with E-state index in [2.05, 4.69) is 36.2 Å². The number of hydrogen-bond acceptors (Lipinski definition) is 11. The van der Waals surface area contributed by atoms with Crippen LogP contribution in [0.4, 0.5) is 38.0 Å². The molecule has 0 aliphatic heterocycles. The molecular formula is C37H37F2N7O5. The summed E-state index contributed by atoms with van der Waals surface area (Å²) in [5, 5.41) is 21.5. The van der Waals surface area contributed by atoms with Gasteiger partial charge in [0.15, 0.2) is 17.4 Å². The summed E-state index contributed by atoms with van der Waals surface area (Å²) in [6, 6.07) is 25.8. The Morgan fingerprint density at radius 1 is 0.667 bits per heavy atom. The maximum absolute atomic E-state index is 13.9. The highest BCUT2D eigenvalue weighted by molar-refractivity contribution is 5.96. The summed E-state index contributed by atoms with van der Waals surface area (Å²) in [5.74, 6) is -1.54. The summed E-state index contributed by atoms with van der Waals surface area (Å²) < 4.78 is 38.7. The van der Waals surface area contributed by atoms with Crippen LogP contribution in [0.5, 0.6) is 5.75 Å². The highest BCUT2D eigenvalue weighted by Gasteiger charge is 2.12. The molecule has 14 heteroatoms. The number of nitrogens with zero attached hydrogens (tertiary/aromatic N) is 3. The van der Waals surface area contributed by atoms with Crippen molar-refractivity contribution in [2.75, 3.05) is 48.9 Å². The van der Waals surface area contributed by atoms with Gasteiger partial charge in [0.1, 0.15) is 5.75 Å². The third kappa shape index (κ3) is 11.5. The summed E-state index contributed by atoms with van der Waals surface area (Å²) >= 11 is 0. The second-order valence-corrected chi connectivity index (χ2v) is 11.1. The van der Waals surface area contributed by atoms with E-state index in [1.54, 1.807) is 48.5 Å². The number of hydrogen-bond donors (Lipinski definition) is 5. The molecule has 0 radical (unpaired) electrons. The molecular weight excluding hydrogens is 660 g/mol. The van der Waals surface area contributed by atoms with Crippen molar-refractivity contribution in [2.24, 2.45) is 0 Å². The minimum atomic E-state index is -0.998. The molecule has 5 rings (SSSR count). The van der Waals surface area contributed by atoms with Crippen LogP contribution in [0.2, 0.25) is 0 Å². The molecule has 5 aromatic rings. The first-order valence-electron chi connectivity index (χ1n) is 16.2. The van der Waals surface area contributed by atoms with E-state index in [-0.39, 0.29) is 41.5 Å². The SMILES string of the molecule is O=C(CCCOCCOCCNc1nc(Nc2ccc(O)cc2)nc(Nc2ccc(C(=O)NCc3cccc(F)c3F)cc2)n1)c1ccccc1. The van der Waals surface area contributed by atoms with Gasteiger partial charge in [-0.05, 0) is 61.0 Å². The van der Waals surface area contributed by atoms with E-state index < -0.39 is 17.5 Å². The van der Waals surface area contributed by atoms with Gasteiger partial charge in [0.2, 0.25) is 17.8 Å². The van der Waals surface area contributed by atoms with Gasteiger partial charge in [-0.2, -0.15) is 15.0 Å². The highest BCUT2D eigenvalue weighted by Crippen LogP contribution is 2.21. The monoisotopic (exact) mass is 697 g/mol. The number of nitrogens with one attached hydrogen (secondary N) is 4. The van der Waals surface area contributed by atoms with Crippen molar-refractivity contribution < 1.29 is 33.0 Å². The zero-order chi connectivity index (χ0) is 35.8. The van der Waals surface area contributed by atoms with Crippen LogP contribution in [-0.2, 0) is 16.0 Å². The van der Waals surface area contributed by atoms with Gasteiger partial charge in [-0.15, -0.1) is 0 Å². The molecule has 51 heavy (non-hydrogen) atoms. The number of rotatable bonds is 19. The Hall–Kier alpha value is -5.99. The van der Waals surface area contributed by atoms with Crippen molar-refractivity contribution in [1.82, 2.24) is 20.3 Å². The van der Waals surface area contributed by atoms with Crippen LogP contribution in [0.25, 0.3) is 0 Å². The number of ether oxygens (including phenoxy) is 2. The number of amides is 1. The topological polar surface area (TPSA) is 160 Å². The lowest BCUT2D eigenvalue weighted by Gasteiger charge is -2.12. The Bertz CT molecular complexity index is 1880. The van der Waals surface area contributed by atoms with Crippen LogP contribution in [-0.4, -0.2) is 64.7 Å². The van der Waals surface area contributed by atoms with Crippen LogP contribution in [0, 0.1) is 11.6 Å². The van der Waals surface area contributed by atoms with Gasteiger partial charge in [0.25, 0.3) is 5.91 Å². The zero-order valence-corrected chi connectivity index (χ0v) is 27.6. The van der Waals surface area contributed by atoms with Crippen LogP contribution in [0.3, 0.4) is 0 Å². The van der Waals surface area contributed by atoms with Crippen LogP contribution in [0.15, 0.2) is 97.1 Å². The number of benzene rings is 4. The van der Waals surface area contributed by atoms with Crippen LogP contribution >= 0.6 is 0 Å². The van der Waals surface area contributed by atoms with Crippen LogP contribution in [0.1, 0.15) is 39.1 Å². The fourth-order valence-corrected chi connectivity index (χ4v) is 4.70. The van der Waals surface area contributed by atoms with Crippen molar-refractivity contribution in [3.05, 3.63) is 125 Å². The number of anilines is 5. The van der Waals surface area contributed by atoms with Crippen molar-refractivity contribution >= 4 is 40.9 Å². The van der Waals surface area contributed by atoms with Crippen molar-refractivity contribution in [3.8, 4) is 5.75 Å². The van der Waals surface area contributed by atoms with E-state index in [0.29, 0.717) is 68.3 Å². The number of carbonyl (C=O) groups is 2. The molecule has 5 N–H and O–H groups in total. The van der Waals surface area contributed by atoms with E-state index in [1.807, 2.05) is 18.2 Å².